The molecule has 12 heavy (non-hydrogen) atoms. The molecule has 0 spiro atoms. The zero-order valence-electron chi connectivity index (χ0n) is 8.47. The molecule has 0 saturated heterocycles. The largest absolute Gasteiger partial charge is 0.396 e. The van der Waals surface area contributed by atoms with E-state index < -0.39 is 0 Å². The predicted octanol–water partition coefficient (Wildman–Crippen LogP) is 1.93. The van der Waals surface area contributed by atoms with E-state index in [9.17, 15) is 0 Å². The van der Waals surface area contributed by atoms with Crippen LogP contribution in [0, 0.1) is 0 Å². The molecular weight excluding hydrogens is 150 g/mol. The highest BCUT2D eigenvalue weighted by molar-refractivity contribution is 4.59. The van der Waals surface area contributed by atoms with E-state index in [1.165, 1.54) is 19.3 Å². The van der Waals surface area contributed by atoms with Crippen LogP contribution in [0.4, 0.5) is 0 Å². The summed E-state index contributed by atoms with van der Waals surface area (Å²) in [5, 5.41) is 12.0. The van der Waals surface area contributed by atoms with Gasteiger partial charge in [-0.1, -0.05) is 19.8 Å². The third-order valence-corrected chi connectivity index (χ3v) is 2.07. The molecule has 1 unspecified atom stereocenters. The number of aliphatic hydroxyl groups excluding tert-OH is 1. The number of unbranched alkanes of at least 4 members (excludes halogenated alkanes) is 2. The Bertz CT molecular complexity index is 85.9. The minimum atomic E-state index is 0.320. The molecule has 0 saturated carbocycles. The van der Waals surface area contributed by atoms with E-state index in [0.29, 0.717) is 12.6 Å². The second-order valence-electron chi connectivity index (χ2n) is 3.43. The fourth-order valence-electron chi connectivity index (χ4n) is 1.22. The summed E-state index contributed by atoms with van der Waals surface area (Å²) in [4.78, 5) is 0. The number of aliphatic hydroxyl groups is 1. The van der Waals surface area contributed by atoms with Crippen LogP contribution in [0.3, 0.4) is 0 Å². The molecule has 2 N–H and O–H groups in total. The van der Waals surface area contributed by atoms with E-state index in [4.69, 9.17) is 5.11 Å². The van der Waals surface area contributed by atoms with Crippen LogP contribution < -0.4 is 5.32 Å². The lowest BCUT2D eigenvalue weighted by Crippen LogP contribution is -2.27. The van der Waals surface area contributed by atoms with Gasteiger partial charge in [-0.2, -0.15) is 0 Å². The third kappa shape index (κ3) is 8.02. The van der Waals surface area contributed by atoms with Gasteiger partial charge in [-0.3, -0.25) is 0 Å². The highest BCUT2D eigenvalue weighted by atomic mass is 16.2. The van der Waals surface area contributed by atoms with Gasteiger partial charge in [-0.25, -0.2) is 0 Å². The molecular formula is C10H23NO. The highest BCUT2D eigenvalue weighted by Gasteiger charge is 1.98. The van der Waals surface area contributed by atoms with Crippen molar-refractivity contribution in [3.05, 3.63) is 0 Å². The Morgan fingerprint density at radius 3 is 2.58 bits per heavy atom. The van der Waals surface area contributed by atoms with Crippen LogP contribution in [0.15, 0.2) is 0 Å². The quantitative estimate of drug-likeness (QED) is 0.550. The zero-order valence-corrected chi connectivity index (χ0v) is 8.47. The molecule has 0 bridgehead atoms. The van der Waals surface area contributed by atoms with Gasteiger partial charge in [0.2, 0.25) is 0 Å². The second-order valence-corrected chi connectivity index (χ2v) is 3.43. The van der Waals surface area contributed by atoms with E-state index in [1.807, 2.05) is 0 Å². The van der Waals surface area contributed by atoms with Crippen LogP contribution in [-0.2, 0) is 0 Å². The van der Waals surface area contributed by atoms with Gasteiger partial charge in [-0.05, 0) is 32.7 Å². The maximum absolute atomic E-state index is 8.60. The van der Waals surface area contributed by atoms with Crippen LogP contribution in [0.25, 0.3) is 0 Å². The van der Waals surface area contributed by atoms with E-state index in [-0.39, 0.29) is 0 Å². The molecule has 0 fully saturated rings. The monoisotopic (exact) mass is 173 g/mol. The Kier molecular flexibility index (Phi) is 8.95. The van der Waals surface area contributed by atoms with Crippen molar-refractivity contribution in [2.45, 2.75) is 52.0 Å². The minimum Gasteiger partial charge on any atom is -0.396 e. The Hall–Kier alpha value is -0.0800. The summed E-state index contributed by atoms with van der Waals surface area (Å²) in [5.41, 5.74) is 0. The number of hydrogen-bond acceptors (Lipinski definition) is 2. The lowest BCUT2D eigenvalue weighted by atomic mass is 10.2. The Morgan fingerprint density at radius 1 is 1.25 bits per heavy atom. The average molecular weight is 173 g/mol. The predicted molar refractivity (Wildman–Crippen MR) is 53.3 cm³/mol. The fraction of sp³-hybridized carbons (Fsp3) is 1.00. The Balaban J connectivity index is 3.02. The Morgan fingerprint density at radius 2 is 2.00 bits per heavy atom. The van der Waals surface area contributed by atoms with Gasteiger partial charge in [0, 0.05) is 12.6 Å². The van der Waals surface area contributed by atoms with Gasteiger partial charge in [0.25, 0.3) is 0 Å². The molecule has 0 amide bonds. The average Bonchev–Trinajstić information content (AvgIpc) is 2.09. The molecule has 0 aromatic carbocycles. The van der Waals surface area contributed by atoms with Gasteiger partial charge in [-0.15, -0.1) is 0 Å². The van der Waals surface area contributed by atoms with Crippen molar-refractivity contribution >= 4 is 0 Å². The summed E-state index contributed by atoms with van der Waals surface area (Å²) in [6, 6.07) is 0.564. The minimum absolute atomic E-state index is 0.320. The number of hydrogen-bond donors (Lipinski definition) is 2. The smallest absolute Gasteiger partial charge is 0.0431 e. The van der Waals surface area contributed by atoms with E-state index in [0.717, 1.165) is 19.4 Å². The molecule has 0 aliphatic rings. The SMILES string of the molecule is CCCCCNC(C)CCCO. The van der Waals surface area contributed by atoms with Gasteiger partial charge in [0.15, 0.2) is 0 Å². The van der Waals surface area contributed by atoms with Crippen molar-refractivity contribution in [1.29, 1.82) is 0 Å². The number of rotatable bonds is 8. The molecule has 2 nitrogen and oxygen atoms in total. The maximum atomic E-state index is 8.60. The van der Waals surface area contributed by atoms with Crippen LogP contribution in [0.2, 0.25) is 0 Å². The molecule has 1 atom stereocenters. The standard InChI is InChI=1S/C10H23NO/c1-3-4-5-8-11-10(2)7-6-9-12/h10-12H,3-9H2,1-2H3. The summed E-state index contributed by atoms with van der Waals surface area (Å²) in [7, 11) is 0. The first-order valence-corrected chi connectivity index (χ1v) is 5.15. The van der Waals surface area contributed by atoms with Crippen molar-refractivity contribution in [1.82, 2.24) is 5.32 Å². The molecule has 0 rings (SSSR count). The molecule has 0 aromatic heterocycles. The van der Waals surface area contributed by atoms with Crippen molar-refractivity contribution < 1.29 is 5.11 Å². The summed E-state index contributed by atoms with van der Waals surface area (Å²) in [6.45, 7) is 5.85. The molecule has 0 aliphatic heterocycles. The van der Waals surface area contributed by atoms with E-state index in [1.54, 1.807) is 0 Å². The lowest BCUT2D eigenvalue weighted by Gasteiger charge is -2.12. The summed E-state index contributed by atoms with van der Waals surface area (Å²) in [5.74, 6) is 0. The maximum Gasteiger partial charge on any atom is 0.0431 e. The topological polar surface area (TPSA) is 32.3 Å². The molecule has 0 aliphatic carbocycles. The van der Waals surface area contributed by atoms with E-state index in [2.05, 4.69) is 19.2 Å². The van der Waals surface area contributed by atoms with Crippen molar-refractivity contribution in [2.75, 3.05) is 13.2 Å². The summed E-state index contributed by atoms with van der Waals surface area (Å²) < 4.78 is 0. The fourth-order valence-corrected chi connectivity index (χ4v) is 1.22. The first kappa shape index (κ1) is 11.9. The normalized spacial score (nSPS) is 13.2. The van der Waals surface area contributed by atoms with Gasteiger partial charge >= 0.3 is 0 Å². The first-order chi connectivity index (χ1) is 5.81. The first-order valence-electron chi connectivity index (χ1n) is 5.15. The molecule has 0 radical (unpaired) electrons. The highest BCUT2D eigenvalue weighted by Crippen LogP contribution is 1.97. The summed E-state index contributed by atoms with van der Waals surface area (Å²) in [6.07, 6.45) is 5.89. The molecule has 0 aromatic rings. The summed E-state index contributed by atoms with van der Waals surface area (Å²) >= 11 is 0. The van der Waals surface area contributed by atoms with E-state index >= 15 is 0 Å². The lowest BCUT2D eigenvalue weighted by molar-refractivity contribution is 0.276. The molecule has 2 heteroatoms. The Labute approximate surface area is 76.4 Å². The van der Waals surface area contributed by atoms with Gasteiger partial charge in [0.1, 0.15) is 0 Å². The van der Waals surface area contributed by atoms with Crippen LogP contribution >= 0.6 is 0 Å². The van der Waals surface area contributed by atoms with Crippen molar-refractivity contribution in [2.24, 2.45) is 0 Å². The second kappa shape index (κ2) is 9.01. The van der Waals surface area contributed by atoms with Gasteiger partial charge in [0.05, 0.1) is 0 Å². The zero-order chi connectivity index (χ0) is 9.23. The molecule has 74 valence electrons. The van der Waals surface area contributed by atoms with Crippen molar-refractivity contribution in [3.8, 4) is 0 Å². The number of nitrogens with one attached hydrogen (secondary N) is 1. The van der Waals surface area contributed by atoms with Crippen molar-refractivity contribution in [3.63, 3.8) is 0 Å². The van der Waals surface area contributed by atoms with Crippen LogP contribution in [0.1, 0.15) is 46.0 Å². The van der Waals surface area contributed by atoms with Crippen LogP contribution in [0.5, 0.6) is 0 Å². The van der Waals surface area contributed by atoms with Crippen LogP contribution in [-0.4, -0.2) is 24.3 Å². The van der Waals surface area contributed by atoms with Gasteiger partial charge < -0.3 is 10.4 Å². The third-order valence-electron chi connectivity index (χ3n) is 2.07. The molecule has 0 heterocycles.